The summed E-state index contributed by atoms with van der Waals surface area (Å²) in [5, 5.41) is 4.99. The molecular formula is C17H16ClN5. The first-order valence-corrected chi connectivity index (χ1v) is 7.96. The van der Waals surface area contributed by atoms with Crippen LogP contribution in [0.5, 0.6) is 0 Å². The molecule has 0 aliphatic carbocycles. The Hall–Kier alpha value is -2.40. The Morgan fingerprint density at radius 2 is 2.13 bits per heavy atom. The van der Waals surface area contributed by atoms with Gasteiger partial charge in [0.2, 0.25) is 0 Å². The topological polar surface area (TPSA) is 46.8 Å². The van der Waals surface area contributed by atoms with Gasteiger partial charge in [0.05, 0.1) is 17.9 Å². The van der Waals surface area contributed by atoms with Crippen LogP contribution in [0.1, 0.15) is 16.8 Å². The third-order valence-corrected chi connectivity index (χ3v) is 4.40. The van der Waals surface area contributed by atoms with Crippen molar-refractivity contribution in [2.45, 2.75) is 19.5 Å². The van der Waals surface area contributed by atoms with Crippen LogP contribution in [0.2, 0.25) is 5.02 Å². The molecule has 0 saturated heterocycles. The highest BCUT2D eigenvalue weighted by Gasteiger charge is 2.19. The van der Waals surface area contributed by atoms with E-state index >= 15 is 0 Å². The number of halogens is 1. The number of benzene rings is 1. The highest BCUT2D eigenvalue weighted by molar-refractivity contribution is 6.30. The maximum atomic E-state index is 6.10. The average Bonchev–Trinajstić information content (AvgIpc) is 3.08. The van der Waals surface area contributed by atoms with E-state index in [4.69, 9.17) is 11.6 Å². The van der Waals surface area contributed by atoms with Gasteiger partial charge in [0.1, 0.15) is 12.7 Å². The van der Waals surface area contributed by atoms with Crippen molar-refractivity contribution in [3.63, 3.8) is 0 Å². The summed E-state index contributed by atoms with van der Waals surface area (Å²) in [6.07, 6.45) is 6.08. The minimum absolute atomic E-state index is 0.625. The van der Waals surface area contributed by atoms with E-state index in [1.807, 2.05) is 18.3 Å². The maximum absolute atomic E-state index is 6.10. The van der Waals surface area contributed by atoms with Crippen molar-refractivity contribution in [3.05, 3.63) is 71.0 Å². The van der Waals surface area contributed by atoms with E-state index in [0.29, 0.717) is 6.54 Å². The number of rotatable bonds is 3. The predicted octanol–water partition coefficient (Wildman–Crippen LogP) is 2.94. The Bertz CT molecular complexity index is 816. The molecule has 23 heavy (non-hydrogen) atoms. The Morgan fingerprint density at radius 1 is 1.17 bits per heavy atom. The van der Waals surface area contributed by atoms with Crippen LogP contribution in [0.3, 0.4) is 0 Å². The number of fused-ring (bicyclic) bond motifs is 1. The summed E-state index contributed by atoms with van der Waals surface area (Å²) >= 11 is 6.10. The van der Waals surface area contributed by atoms with Crippen molar-refractivity contribution in [3.8, 4) is 0 Å². The van der Waals surface area contributed by atoms with Gasteiger partial charge in [-0.05, 0) is 41.8 Å². The van der Waals surface area contributed by atoms with Crippen LogP contribution in [-0.2, 0) is 19.5 Å². The molecule has 5 nitrogen and oxygen atoms in total. The molecule has 3 aromatic rings. The van der Waals surface area contributed by atoms with Crippen molar-refractivity contribution in [1.29, 1.82) is 0 Å². The minimum Gasteiger partial charge on any atom is -0.365 e. The molecule has 1 aliphatic heterocycles. The Balaban J connectivity index is 1.62. The van der Waals surface area contributed by atoms with Gasteiger partial charge >= 0.3 is 0 Å². The van der Waals surface area contributed by atoms with Gasteiger partial charge in [-0.25, -0.2) is 9.67 Å². The lowest BCUT2D eigenvalue weighted by molar-refractivity contribution is 0.659. The van der Waals surface area contributed by atoms with Gasteiger partial charge in [-0.3, -0.25) is 4.98 Å². The third kappa shape index (κ3) is 2.92. The van der Waals surface area contributed by atoms with Crippen LogP contribution in [0.25, 0.3) is 0 Å². The summed E-state index contributed by atoms with van der Waals surface area (Å²) in [7, 11) is 0. The summed E-state index contributed by atoms with van der Waals surface area (Å²) in [5.41, 5.74) is 4.84. The normalized spacial score (nSPS) is 13.9. The van der Waals surface area contributed by atoms with Crippen LogP contribution in [-0.4, -0.2) is 26.3 Å². The largest absolute Gasteiger partial charge is 0.365 e. The molecule has 1 aromatic carbocycles. The van der Waals surface area contributed by atoms with Crippen LogP contribution in [0.4, 0.5) is 5.69 Å². The van der Waals surface area contributed by atoms with Crippen LogP contribution < -0.4 is 4.90 Å². The lowest BCUT2D eigenvalue weighted by Crippen LogP contribution is -2.31. The first-order valence-electron chi connectivity index (χ1n) is 7.58. The number of hydrogen-bond donors (Lipinski definition) is 0. The monoisotopic (exact) mass is 325 g/mol. The zero-order valence-corrected chi connectivity index (χ0v) is 13.3. The van der Waals surface area contributed by atoms with E-state index < -0.39 is 0 Å². The molecule has 0 radical (unpaired) electrons. The Labute approximate surface area is 139 Å². The molecule has 1 aliphatic rings. The quantitative estimate of drug-likeness (QED) is 0.743. The van der Waals surface area contributed by atoms with E-state index in [0.717, 1.165) is 35.9 Å². The van der Waals surface area contributed by atoms with Gasteiger partial charge in [0.25, 0.3) is 0 Å². The molecule has 0 spiro atoms. The lowest BCUT2D eigenvalue weighted by Gasteiger charge is -2.32. The van der Waals surface area contributed by atoms with E-state index in [1.54, 1.807) is 17.3 Å². The zero-order valence-electron chi connectivity index (χ0n) is 12.6. The van der Waals surface area contributed by atoms with E-state index in [2.05, 4.69) is 38.2 Å². The second-order valence-electron chi connectivity index (χ2n) is 5.65. The van der Waals surface area contributed by atoms with Crippen molar-refractivity contribution >= 4 is 17.3 Å². The Morgan fingerprint density at radius 3 is 3.00 bits per heavy atom. The molecular weight excluding hydrogens is 310 g/mol. The second kappa shape index (κ2) is 6.01. The maximum Gasteiger partial charge on any atom is 0.137 e. The molecule has 116 valence electrons. The van der Waals surface area contributed by atoms with Crippen molar-refractivity contribution in [2.75, 3.05) is 11.4 Å². The van der Waals surface area contributed by atoms with Crippen molar-refractivity contribution < 1.29 is 0 Å². The number of hydrogen-bond acceptors (Lipinski definition) is 4. The summed E-state index contributed by atoms with van der Waals surface area (Å²) in [4.78, 5) is 10.9. The van der Waals surface area contributed by atoms with E-state index in [9.17, 15) is 0 Å². The van der Waals surface area contributed by atoms with Crippen LogP contribution in [0.15, 0.2) is 49.2 Å². The van der Waals surface area contributed by atoms with Gasteiger partial charge in [-0.15, -0.1) is 0 Å². The highest BCUT2D eigenvalue weighted by atomic mass is 35.5. The zero-order chi connectivity index (χ0) is 15.6. The molecule has 0 bridgehead atoms. The minimum atomic E-state index is 0.625. The molecule has 3 heterocycles. The predicted molar refractivity (Wildman–Crippen MR) is 89.6 cm³/mol. The molecule has 0 fully saturated rings. The fourth-order valence-electron chi connectivity index (χ4n) is 3.03. The molecule has 0 saturated carbocycles. The molecule has 0 N–H and O–H groups in total. The molecule has 0 atom stereocenters. The van der Waals surface area contributed by atoms with E-state index in [-0.39, 0.29) is 0 Å². The SMILES string of the molecule is Clc1ccc2c(c1)CCN(c1cccnc1Cn1cncn1)C2. The van der Waals surface area contributed by atoms with Crippen LogP contribution >= 0.6 is 11.6 Å². The van der Waals surface area contributed by atoms with Crippen molar-refractivity contribution in [1.82, 2.24) is 19.7 Å². The van der Waals surface area contributed by atoms with Gasteiger partial charge in [-0.2, -0.15) is 5.10 Å². The van der Waals surface area contributed by atoms with Crippen LogP contribution in [0, 0.1) is 0 Å². The first kappa shape index (κ1) is 14.2. The molecule has 0 amide bonds. The number of nitrogens with zero attached hydrogens (tertiary/aromatic N) is 5. The average molecular weight is 326 g/mol. The third-order valence-electron chi connectivity index (χ3n) is 4.17. The van der Waals surface area contributed by atoms with Gasteiger partial charge in [0.15, 0.2) is 0 Å². The fraction of sp³-hybridized carbons (Fsp3) is 0.235. The molecule has 4 rings (SSSR count). The molecule has 6 heteroatoms. The number of anilines is 1. The summed E-state index contributed by atoms with van der Waals surface area (Å²) < 4.78 is 1.80. The smallest absolute Gasteiger partial charge is 0.137 e. The van der Waals surface area contributed by atoms with Gasteiger partial charge in [0, 0.05) is 24.3 Å². The van der Waals surface area contributed by atoms with Crippen molar-refractivity contribution in [2.24, 2.45) is 0 Å². The van der Waals surface area contributed by atoms with Gasteiger partial charge < -0.3 is 4.90 Å². The standard InChI is InChI=1S/C17H16ClN5/c18-15-4-3-14-9-22(7-5-13(14)8-15)17-2-1-6-20-16(17)10-23-12-19-11-21-23/h1-4,6,8,11-12H,5,7,9-10H2. The second-order valence-corrected chi connectivity index (χ2v) is 6.08. The number of pyridine rings is 1. The summed E-state index contributed by atoms with van der Waals surface area (Å²) in [6, 6.07) is 10.3. The number of aromatic nitrogens is 4. The summed E-state index contributed by atoms with van der Waals surface area (Å²) in [6.45, 7) is 2.46. The van der Waals surface area contributed by atoms with E-state index in [1.165, 1.54) is 11.1 Å². The Kier molecular flexibility index (Phi) is 3.71. The highest BCUT2D eigenvalue weighted by Crippen LogP contribution is 2.28. The summed E-state index contributed by atoms with van der Waals surface area (Å²) in [5.74, 6) is 0. The van der Waals surface area contributed by atoms with Gasteiger partial charge in [-0.1, -0.05) is 17.7 Å². The molecule has 2 aromatic heterocycles. The lowest BCUT2D eigenvalue weighted by atomic mass is 9.99. The first-order chi connectivity index (χ1) is 11.3. The fourth-order valence-corrected chi connectivity index (χ4v) is 3.23. The molecule has 0 unspecified atom stereocenters.